The quantitative estimate of drug-likeness (QED) is 0.863. The molecule has 0 atom stereocenters. The highest BCUT2D eigenvalue weighted by atomic mass is 16.5. The minimum absolute atomic E-state index is 0.118. The van der Waals surface area contributed by atoms with Gasteiger partial charge in [0.25, 0.3) is 0 Å². The fraction of sp³-hybridized carbons (Fsp3) is 0.429. The Kier molecular flexibility index (Phi) is 4.52. The van der Waals surface area contributed by atoms with Crippen LogP contribution in [0.1, 0.15) is 30.8 Å². The molecule has 0 spiro atoms. The molecule has 1 aromatic heterocycles. The molecule has 0 saturated carbocycles. The number of aliphatic hydroxyl groups excluding tert-OH is 1. The summed E-state index contributed by atoms with van der Waals surface area (Å²) >= 11 is 0. The lowest BCUT2D eigenvalue weighted by molar-refractivity contribution is 0.261. The molecule has 0 fully saturated rings. The van der Waals surface area contributed by atoms with Crippen molar-refractivity contribution in [3.63, 3.8) is 0 Å². The van der Waals surface area contributed by atoms with Crippen molar-refractivity contribution in [1.29, 1.82) is 0 Å². The van der Waals surface area contributed by atoms with Crippen molar-refractivity contribution in [3.8, 4) is 5.75 Å². The van der Waals surface area contributed by atoms with Gasteiger partial charge in [-0.1, -0.05) is 24.3 Å². The number of benzene rings is 1. The van der Waals surface area contributed by atoms with Gasteiger partial charge in [0.05, 0.1) is 6.61 Å². The Morgan fingerprint density at radius 3 is 2.53 bits per heavy atom. The van der Waals surface area contributed by atoms with E-state index in [4.69, 9.17) is 4.74 Å². The first-order valence-electron chi connectivity index (χ1n) is 6.52. The lowest BCUT2D eigenvalue weighted by Crippen LogP contribution is -2.08. The van der Waals surface area contributed by atoms with Crippen LogP contribution in [-0.4, -0.2) is 20.1 Å². The van der Waals surface area contributed by atoms with E-state index in [0.717, 1.165) is 17.9 Å². The zero-order valence-electron chi connectivity index (χ0n) is 11.3. The highest BCUT2D eigenvalue weighted by Crippen LogP contribution is 2.15. The number of aliphatic hydroxyl groups is 1. The van der Waals surface area contributed by atoms with Gasteiger partial charge in [0, 0.05) is 6.54 Å². The summed E-state index contributed by atoms with van der Waals surface area (Å²) in [4.78, 5) is 0. The average molecular weight is 261 g/mol. The van der Waals surface area contributed by atoms with Gasteiger partial charge in [0.2, 0.25) is 0 Å². The lowest BCUT2D eigenvalue weighted by atomic mass is 10.2. The van der Waals surface area contributed by atoms with Crippen molar-refractivity contribution in [1.82, 2.24) is 15.0 Å². The van der Waals surface area contributed by atoms with Gasteiger partial charge in [-0.15, -0.1) is 5.10 Å². The van der Waals surface area contributed by atoms with E-state index < -0.39 is 0 Å². The van der Waals surface area contributed by atoms with E-state index in [1.165, 1.54) is 5.56 Å². The molecular weight excluding hydrogens is 242 g/mol. The highest BCUT2D eigenvalue weighted by molar-refractivity contribution is 5.27. The van der Waals surface area contributed by atoms with Crippen LogP contribution < -0.4 is 4.74 Å². The molecule has 0 bridgehead atoms. The van der Waals surface area contributed by atoms with Gasteiger partial charge in [0.15, 0.2) is 0 Å². The number of hydrogen-bond acceptors (Lipinski definition) is 4. The fourth-order valence-corrected chi connectivity index (χ4v) is 1.88. The van der Waals surface area contributed by atoms with E-state index in [9.17, 15) is 5.11 Å². The zero-order valence-corrected chi connectivity index (χ0v) is 11.3. The standard InChI is InChI=1S/C14H19N3O2/c1-3-11-5-7-12(8-6-11)19-10-14-13(9-18)15-16-17(14)4-2/h5-8,18H,3-4,9-10H2,1-2H3. The zero-order chi connectivity index (χ0) is 13.7. The third kappa shape index (κ3) is 3.12. The second kappa shape index (κ2) is 6.33. The summed E-state index contributed by atoms with van der Waals surface area (Å²) in [6.45, 7) is 5.06. The predicted molar refractivity (Wildman–Crippen MR) is 71.8 cm³/mol. The molecule has 1 N–H and O–H groups in total. The summed E-state index contributed by atoms with van der Waals surface area (Å²) < 4.78 is 7.46. The molecule has 5 heteroatoms. The SMILES string of the molecule is CCc1ccc(OCc2c(CO)nnn2CC)cc1. The molecule has 0 unspecified atom stereocenters. The van der Waals surface area contributed by atoms with Crippen LogP contribution in [0, 0.1) is 0 Å². The minimum Gasteiger partial charge on any atom is -0.487 e. The molecular formula is C14H19N3O2. The third-order valence-electron chi connectivity index (χ3n) is 3.07. The molecule has 19 heavy (non-hydrogen) atoms. The van der Waals surface area contributed by atoms with E-state index in [-0.39, 0.29) is 6.61 Å². The molecule has 0 radical (unpaired) electrons. The van der Waals surface area contributed by atoms with E-state index in [1.54, 1.807) is 4.68 Å². The van der Waals surface area contributed by atoms with E-state index >= 15 is 0 Å². The third-order valence-corrected chi connectivity index (χ3v) is 3.07. The second-order valence-corrected chi connectivity index (χ2v) is 4.24. The van der Waals surface area contributed by atoms with Crippen LogP contribution in [0.25, 0.3) is 0 Å². The van der Waals surface area contributed by atoms with Gasteiger partial charge in [-0.25, -0.2) is 4.68 Å². The Morgan fingerprint density at radius 1 is 1.21 bits per heavy atom. The summed E-state index contributed by atoms with van der Waals surface area (Å²) in [6, 6.07) is 8.02. The normalized spacial score (nSPS) is 10.7. The molecule has 2 rings (SSSR count). The number of rotatable bonds is 6. The highest BCUT2D eigenvalue weighted by Gasteiger charge is 2.11. The Morgan fingerprint density at radius 2 is 1.95 bits per heavy atom. The molecule has 0 amide bonds. The molecule has 1 aromatic carbocycles. The van der Waals surface area contributed by atoms with Crippen LogP contribution in [0.4, 0.5) is 0 Å². The number of aryl methyl sites for hydroxylation is 2. The Bertz CT molecular complexity index is 498. The van der Waals surface area contributed by atoms with Crippen molar-refractivity contribution in [2.24, 2.45) is 0 Å². The first-order valence-corrected chi connectivity index (χ1v) is 6.52. The lowest BCUT2D eigenvalue weighted by Gasteiger charge is -2.08. The van der Waals surface area contributed by atoms with Crippen molar-refractivity contribution < 1.29 is 9.84 Å². The Labute approximate surface area is 112 Å². The summed E-state index contributed by atoms with van der Waals surface area (Å²) in [6.07, 6.45) is 1.02. The molecule has 0 aliphatic rings. The van der Waals surface area contributed by atoms with Crippen molar-refractivity contribution in [3.05, 3.63) is 41.2 Å². The van der Waals surface area contributed by atoms with Gasteiger partial charge in [-0.05, 0) is 31.0 Å². The summed E-state index contributed by atoms with van der Waals surface area (Å²) in [5.74, 6) is 0.810. The maximum absolute atomic E-state index is 9.22. The summed E-state index contributed by atoms with van der Waals surface area (Å²) in [5, 5.41) is 17.1. The van der Waals surface area contributed by atoms with Crippen molar-refractivity contribution in [2.45, 2.75) is 40.0 Å². The van der Waals surface area contributed by atoms with Crippen LogP contribution in [0.2, 0.25) is 0 Å². The van der Waals surface area contributed by atoms with Gasteiger partial charge in [-0.3, -0.25) is 0 Å². The van der Waals surface area contributed by atoms with Gasteiger partial charge in [-0.2, -0.15) is 0 Å². The van der Waals surface area contributed by atoms with Gasteiger partial charge >= 0.3 is 0 Å². The topological polar surface area (TPSA) is 60.2 Å². The Hall–Kier alpha value is -1.88. The van der Waals surface area contributed by atoms with Crippen LogP contribution >= 0.6 is 0 Å². The maximum Gasteiger partial charge on any atom is 0.132 e. The summed E-state index contributed by atoms with van der Waals surface area (Å²) in [7, 11) is 0. The fourth-order valence-electron chi connectivity index (χ4n) is 1.88. The van der Waals surface area contributed by atoms with Crippen LogP contribution in [-0.2, 0) is 26.2 Å². The van der Waals surface area contributed by atoms with Crippen LogP contribution in [0.3, 0.4) is 0 Å². The molecule has 2 aromatic rings. The van der Waals surface area contributed by atoms with Crippen LogP contribution in [0.15, 0.2) is 24.3 Å². The average Bonchev–Trinajstić information content (AvgIpc) is 2.87. The van der Waals surface area contributed by atoms with Gasteiger partial charge in [0.1, 0.15) is 23.7 Å². The van der Waals surface area contributed by atoms with Gasteiger partial charge < -0.3 is 9.84 Å². The minimum atomic E-state index is -0.118. The first-order chi connectivity index (χ1) is 9.28. The monoisotopic (exact) mass is 261 g/mol. The molecule has 0 saturated heterocycles. The Balaban J connectivity index is 2.06. The summed E-state index contributed by atoms with van der Waals surface area (Å²) in [5.41, 5.74) is 2.68. The number of ether oxygens (including phenoxy) is 1. The number of aromatic nitrogens is 3. The molecule has 0 aliphatic heterocycles. The molecule has 1 heterocycles. The number of nitrogens with zero attached hydrogens (tertiary/aromatic N) is 3. The second-order valence-electron chi connectivity index (χ2n) is 4.24. The van der Waals surface area contributed by atoms with Crippen molar-refractivity contribution >= 4 is 0 Å². The first kappa shape index (κ1) is 13.5. The van der Waals surface area contributed by atoms with E-state index in [2.05, 4.69) is 29.4 Å². The molecule has 0 aliphatic carbocycles. The molecule has 5 nitrogen and oxygen atoms in total. The van der Waals surface area contributed by atoms with E-state index in [0.29, 0.717) is 18.8 Å². The van der Waals surface area contributed by atoms with Crippen LogP contribution in [0.5, 0.6) is 5.75 Å². The maximum atomic E-state index is 9.22. The van der Waals surface area contributed by atoms with Crippen molar-refractivity contribution in [2.75, 3.05) is 0 Å². The van der Waals surface area contributed by atoms with E-state index in [1.807, 2.05) is 19.1 Å². The number of hydrogen-bond donors (Lipinski definition) is 1. The smallest absolute Gasteiger partial charge is 0.132 e. The molecule has 102 valence electrons. The largest absolute Gasteiger partial charge is 0.487 e. The predicted octanol–water partition coefficient (Wildman–Crippen LogP) is 1.93.